The third-order valence-corrected chi connectivity index (χ3v) is 4.36. The predicted octanol–water partition coefficient (Wildman–Crippen LogP) is 3.80. The molecule has 1 aromatic heterocycles. The van der Waals surface area contributed by atoms with Gasteiger partial charge < -0.3 is 9.64 Å². The fraction of sp³-hybridized carbons (Fsp3) is 0.200. The van der Waals surface area contributed by atoms with Gasteiger partial charge in [-0.05, 0) is 24.3 Å². The molecule has 3 aromatic rings. The molecular weight excluding hydrogens is 350 g/mol. The van der Waals surface area contributed by atoms with E-state index >= 15 is 0 Å². The topological polar surface area (TPSA) is 49.8 Å². The molecule has 1 saturated heterocycles. The highest BCUT2D eigenvalue weighted by atomic mass is 19.1. The second-order valence-corrected chi connectivity index (χ2v) is 6.19. The molecule has 2 aromatic carbocycles. The van der Waals surface area contributed by atoms with Gasteiger partial charge in [-0.2, -0.15) is 5.10 Å². The minimum absolute atomic E-state index is 0.106. The fourth-order valence-electron chi connectivity index (χ4n) is 3.00. The number of nitrogens with zero attached hydrogens (tertiary/aromatic N) is 3. The number of hydrogen-bond donors (Lipinski definition) is 1. The van der Waals surface area contributed by atoms with Crippen LogP contribution >= 0.6 is 0 Å². The van der Waals surface area contributed by atoms with Crippen molar-refractivity contribution in [3.8, 4) is 0 Å². The summed E-state index contributed by atoms with van der Waals surface area (Å²) in [5.74, 6) is -0.519. The van der Waals surface area contributed by atoms with Gasteiger partial charge in [0.05, 0.1) is 30.6 Å². The first-order valence-electron chi connectivity index (χ1n) is 8.67. The first-order valence-corrected chi connectivity index (χ1v) is 8.67. The molecule has 138 valence electrons. The lowest BCUT2D eigenvalue weighted by Gasteiger charge is -2.29. The second-order valence-electron chi connectivity index (χ2n) is 6.19. The van der Waals surface area contributed by atoms with Crippen LogP contribution in [0.3, 0.4) is 0 Å². The summed E-state index contributed by atoms with van der Waals surface area (Å²) >= 11 is 0. The highest BCUT2D eigenvalue weighted by Gasteiger charge is 2.16. The molecule has 4 rings (SSSR count). The molecule has 0 atom stereocenters. The molecule has 1 N–H and O–H groups in total. The van der Waals surface area contributed by atoms with E-state index in [1.807, 2.05) is 30.3 Å². The Labute approximate surface area is 155 Å². The molecule has 5 nitrogen and oxygen atoms in total. The van der Waals surface area contributed by atoms with Crippen molar-refractivity contribution >= 4 is 28.6 Å². The highest BCUT2D eigenvalue weighted by Crippen LogP contribution is 2.23. The van der Waals surface area contributed by atoms with Crippen LogP contribution in [0, 0.1) is 11.6 Å². The van der Waals surface area contributed by atoms with Gasteiger partial charge in [-0.15, -0.1) is 0 Å². The van der Waals surface area contributed by atoms with E-state index < -0.39 is 11.6 Å². The van der Waals surface area contributed by atoms with E-state index in [9.17, 15) is 8.78 Å². The number of fused-ring (bicyclic) bond motifs is 1. The first-order chi connectivity index (χ1) is 13.2. The zero-order valence-electron chi connectivity index (χ0n) is 14.5. The Morgan fingerprint density at radius 1 is 1.07 bits per heavy atom. The van der Waals surface area contributed by atoms with Crippen LogP contribution in [0.2, 0.25) is 0 Å². The molecule has 2 heterocycles. The van der Waals surface area contributed by atoms with Gasteiger partial charge in [0.2, 0.25) is 0 Å². The van der Waals surface area contributed by atoms with E-state index in [0.29, 0.717) is 13.2 Å². The summed E-state index contributed by atoms with van der Waals surface area (Å²) in [6.45, 7) is 2.77. The maximum atomic E-state index is 13.7. The number of hydrogen-bond acceptors (Lipinski definition) is 5. The van der Waals surface area contributed by atoms with Crippen LogP contribution in [0.1, 0.15) is 5.56 Å². The average Bonchev–Trinajstić information content (AvgIpc) is 2.70. The van der Waals surface area contributed by atoms with E-state index in [1.54, 1.807) is 6.21 Å². The van der Waals surface area contributed by atoms with Crippen molar-refractivity contribution in [2.24, 2.45) is 5.10 Å². The Hall–Kier alpha value is -3.06. The maximum Gasteiger partial charge on any atom is 0.151 e. The van der Waals surface area contributed by atoms with Crippen molar-refractivity contribution in [1.82, 2.24) is 4.98 Å². The van der Waals surface area contributed by atoms with Crippen LogP contribution in [-0.4, -0.2) is 37.5 Å². The van der Waals surface area contributed by atoms with Crippen molar-refractivity contribution in [1.29, 1.82) is 0 Å². The molecule has 0 aliphatic carbocycles. The van der Waals surface area contributed by atoms with Gasteiger partial charge in [0, 0.05) is 30.1 Å². The third kappa shape index (κ3) is 3.88. The van der Waals surface area contributed by atoms with Crippen LogP contribution in [0.4, 0.5) is 20.3 Å². The van der Waals surface area contributed by atoms with E-state index in [-0.39, 0.29) is 5.69 Å². The number of para-hydroxylation sites is 1. The zero-order chi connectivity index (χ0) is 18.6. The molecule has 27 heavy (non-hydrogen) atoms. The number of nitrogens with one attached hydrogen (secondary N) is 1. The zero-order valence-corrected chi connectivity index (χ0v) is 14.5. The van der Waals surface area contributed by atoms with Crippen LogP contribution in [0.25, 0.3) is 10.9 Å². The van der Waals surface area contributed by atoms with Crippen molar-refractivity contribution in [2.45, 2.75) is 0 Å². The van der Waals surface area contributed by atoms with Gasteiger partial charge in [-0.25, -0.2) is 13.8 Å². The summed E-state index contributed by atoms with van der Waals surface area (Å²) in [5.41, 5.74) is 4.44. The molecule has 1 aliphatic heterocycles. The van der Waals surface area contributed by atoms with E-state index in [2.05, 4.69) is 15.4 Å². The summed E-state index contributed by atoms with van der Waals surface area (Å²) in [4.78, 5) is 6.93. The molecule has 1 aliphatic rings. The van der Waals surface area contributed by atoms with Gasteiger partial charge in [-0.1, -0.05) is 18.2 Å². The van der Waals surface area contributed by atoms with E-state index in [1.165, 1.54) is 12.1 Å². The lowest BCUT2D eigenvalue weighted by Crippen LogP contribution is -2.37. The van der Waals surface area contributed by atoms with Crippen LogP contribution in [-0.2, 0) is 4.74 Å². The SMILES string of the molecule is Fc1ccc(N/N=C\c2cc3ccccc3nc2N2CCOCC2)c(F)c1. The van der Waals surface area contributed by atoms with Crippen LogP contribution in [0.5, 0.6) is 0 Å². The summed E-state index contributed by atoms with van der Waals surface area (Å²) in [5, 5.41) is 5.12. The molecule has 0 spiro atoms. The first kappa shape index (κ1) is 17.4. The number of halogens is 2. The molecule has 7 heteroatoms. The average molecular weight is 368 g/mol. The quantitative estimate of drug-likeness (QED) is 0.562. The van der Waals surface area contributed by atoms with Gasteiger partial charge >= 0.3 is 0 Å². The van der Waals surface area contributed by atoms with Gasteiger partial charge in [0.15, 0.2) is 5.82 Å². The lowest BCUT2D eigenvalue weighted by atomic mass is 10.1. The largest absolute Gasteiger partial charge is 0.378 e. The van der Waals surface area contributed by atoms with Gasteiger partial charge in [0.1, 0.15) is 11.6 Å². The number of aromatic nitrogens is 1. The Morgan fingerprint density at radius 3 is 2.70 bits per heavy atom. The third-order valence-electron chi connectivity index (χ3n) is 4.36. The number of anilines is 2. The molecular formula is C20H18F2N4O. The molecule has 0 unspecified atom stereocenters. The summed E-state index contributed by atoms with van der Waals surface area (Å²) in [6, 6.07) is 13.1. The Kier molecular flexibility index (Phi) is 4.93. The fourth-order valence-corrected chi connectivity index (χ4v) is 3.00. The van der Waals surface area contributed by atoms with Crippen LogP contribution < -0.4 is 10.3 Å². The Balaban J connectivity index is 1.66. The molecule has 0 amide bonds. The summed E-state index contributed by atoms with van der Waals surface area (Å²) in [6.07, 6.45) is 1.60. The number of benzene rings is 2. The molecule has 0 saturated carbocycles. The van der Waals surface area contributed by atoms with Crippen LogP contribution in [0.15, 0.2) is 53.6 Å². The number of morpholine rings is 1. The Bertz CT molecular complexity index is 987. The van der Waals surface area contributed by atoms with Crippen molar-refractivity contribution in [3.63, 3.8) is 0 Å². The molecule has 0 bridgehead atoms. The van der Waals surface area contributed by atoms with Gasteiger partial charge in [0.25, 0.3) is 0 Å². The van der Waals surface area contributed by atoms with Crippen molar-refractivity contribution in [3.05, 3.63) is 65.7 Å². The summed E-state index contributed by atoms with van der Waals surface area (Å²) in [7, 11) is 0. The normalized spacial score (nSPS) is 14.8. The monoisotopic (exact) mass is 368 g/mol. The minimum Gasteiger partial charge on any atom is -0.378 e. The smallest absolute Gasteiger partial charge is 0.151 e. The minimum atomic E-state index is -0.697. The molecule has 1 fully saturated rings. The number of pyridine rings is 1. The van der Waals surface area contributed by atoms with Crippen molar-refractivity contribution < 1.29 is 13.5 Å². The van der Waals surface area contributed by atoms with E-state index in [4.69, 9.17) is 9.72 Å². The molecule has 0 radical (unpaired) electrons. The standard InChI is InChI=1S/C20H18F2N4O/c21-16-5-6-19(17(22)12-16)25-23-13-15-11-14-3-1-2-4-18(14)24-20(15)26-7-9-27-10-8-26/h1-6,11-13,25H,7-10H2/b23-13-. The number of rotatable bonds is 4. The second kappa shape index (κ2) is 7.67. The Morgan fingerprint density at radius 2 is 1.89 bits per heavy atom. The predicted molar refractivity (Wildman–Crippen MR) is 102 cm³/mol. The summed E-state index contributed by atoms with van der Waals surface area (Å²) < 4.78 is 32.2. The maximum absolute atomic E-state index is 13.7. The highest BCUT2D eigenvalue weighted by molar-refractivity contribution is 5.94. The van der Waals surface area contributed by atoms with E-state index in [0.717, 1.165) is 41.4 Å². The lowest BCUT2D eigenvalue weighted by molar-refractivity contribution is 0.122. The van der Waals surface area contributed by atoms with Gasteiger partial charge in [-0.3, -0.25) is 5.43 Å². The number of ether oxygens (including phenoxy) is 1. The van der Waals surface area contributed by atoms with Crippen molar-refractivity contribution in [2.75, 3.05) is 36.6 Å². The number of hydrazone groups is 1.